The van der Waals surface area contributed by atoms with Gasteiger partial charge in [-0.3, -0.25) is 0 Å². The standard InChI is InChI=1S/C17H27NS/c1-4-19-12-11-14(3)18-17-10-9-13(2)15-7-5-6-8-16(15)17/h5-8,13-14,17-18H,4,9-12H2,1-3H3. The van der Waals surface area contributed by atoms with Crippen LogP contribution in [0.3, 0.4) is 0 Å². The van der Waals surface area contributed by atoms with Crippen molar-refractivity contribution in [3.63, 3.8) is 0 Å². The molecule has 3 atom stereocenters. The Morgan fingerprint density at radius 3 is 2.74 bits per heavy atom. The number of hydrogen-bond donors (Lipinski definition) is 1. The highest BCUT2D eigenvalue weighted by atomic mass is 32.2. The minimum atomic E-state index is 0.564. The molecule has 0 heterocycles. The van der Waals surface area contributed by atoms with Gasteiger partial charge in [0.15, 0.2) is 0 Å². The molecule has 1 aliphatic rings. The molecule has 0 saturated carbocycles. The van der Waals surface area contributed by atoms with Gasteiger partial charge < -0.3 is 5.32 Å². The molecule has 0 aliphatic heterocycles. The molecule has 19 heavy (non-hydrogen) atoms. The van der Waals surface area contributed by atoms with Gasteiger partial charge in [0, 0.05) is 12.1 Å². The monoisotopic (exact) mass is 277 g/mol. The lowest BCUT2D eigenvalue weighted by molar-refractivity contribution is 0.387. The molecule has 1 nitrogen and oxygen atoms in total. The zero-order chi connectivity index (χ0) is 13.7. The zero-order valence-corrected chi connectivity index (χ0v) is 13.3. The van der Waals surface area contributed by atoms with E-state index in [0.717, 1.165) is 5.92 Å². The quantitative estimate of drug-likeness (QED) is 0.753. The fraction of sp³-hybridized carbons (Fsp3) is 0.647. The highest BCUT2D eigenvalue weighted by Gasteiger charge is 2.24. The van der Waals surface area contributed by atoms with Crippen LogP contribution in [0, 0.1) is 0 Å². The highest BCUT2D eigenvalue weighted by Crippen LogP contribution is 2.37. The van der Waals surface area contributed by atoms with E-state index < -0.39 is 0 Å². The summed E-state index contributed by atoms with van der Waals surface area (Å²) >= 11 is 2.04. The summed E-state index contributed by atoms with van der Waals surface area (Å²) in [5, 5.41) is 3.84. The molecule has 0 radical (unpaired) electrons. The first kappa shape index (κ1) is 14.9. The lowest BCUT2D eigenvalue weighted by Gasteiger charge is -2.32. The summed E-state index contributed by atoms with van der Waals surface area (Å²) in [6, 6.07) is 10.2. The molecule has 0 spiro atoms. The van der Waals surface area contributed by atoms with Crippen LogP contribution in [-0.4, -0.2) is 17.5 Å². The first-order chi connectivity index (χ1) is 9.22. The average Bonchev–Trinajstić information content (AvgIpc) is 2.43. The van der Waals surface area contributed by atoms with Crippen LogP contribution in [0.5, 0.6) is 0 Å². The van der Waals surface area contributed by atoms with E-state index in [4.69, 9.17) is 0 Å². The van der Waals surface area contributed by atoms with Crippen LogP contribution in [-0.2, 0) is 0 Å². The molecule has 106 valence electrons. The third-order valence-corrected chi connectivity index (χ3v) is 5.11. The molecule has 2 rings (SSSR count). The van der Waals surface area contributed by atoms with Crippen molar-refractivity contribution in [1.82, 2.24) is 5.32 Å². The van der Waals surface area contributed by atoms with Crippen LogP contribution in [0.1, 0.15) is 63.1 Å². The number of nitrogens with one attached hydrogen (secondary N) is 1. The number of benzene rings is 1. The molecular formula is C17H27NS. The Kier molecular flexibility index (Phi) is 5.77. The molecule has 1 aliphatic carbocycles. The summed E-state index contributed by atoms with van der Waals surface area (Å²) in [5.74, 6) is 3.23. The minimum absolute atomic E-state index is 0.564. The highest BCUT2D eigenvalue weighted by molar-refractivity contribution is 7.99. The van der Waals surface area contributed by atoms with Gasteiger partial charge in [-0.25, -0.2) is 0 Å². The Labute approximate surface area is 122 Å². The van der Waals surface area contributed by atoms with E-state index in [2.05, 4.69) is 50.4 Å². The lowest BCUT2D eigenvalue weighted by atomic mass is 9.81. The number of fused-ring (bicyclic) bond motifs is 1. The van der Waals surface area contributed by atoms with E-state index in [1.165, 1.54) is 36.3 Å². The molecule has 2 heteroatoms. The van der Waals surface area contributed by atoms with Gasteiger partial charge in [-0.15, -0.1) is 0 Å². The van der Waals surface area contributed by atoms with E-state index in [1.807, 2.05) is 11.8 Å². The Morgan fingerprint density at radius 1 is 1.26 bits per heavy atom. The Hall–Kier alpha value is -0.470. The van der Waals surface area contributed by atoms with Gasteiger partial charge in [-0.2, -0.15) is 11.8 Å². The molecule has 0 fully saturated rings. The van der Waals surface area contributed by atoms with Crippen LogP contribution in [0.15, 0.2) is 24.3 Å². The van der Waals surface area contributed by atoms with E-state index in [-0.39, 0.29) is 0 Å². The Bertz CT molecular complexity index is 391. The first-order valence-corrected chi connectivity index (χ1v) is 8.80. The van der Waals surface area contributed by atoms with Crippen LogP contribution < -0.4 is 5.32 Å². The van der Waals surface area contributed by atoms with Crippen LogP contribution in [0.25, 0.3) is 0 Å². The van der Waals surface area contributed by atoms with E-state index >= 15 is 0 Å². The summed E-state index contributed by atoms with van der Waals surface area (Å²) < 4.78 is 0. The van der Waals surface area contributed by atoms with E-state index in [9.17, 15) is 0 Å². The van der Waals surface area contributed by atoms with Gasteiger partial charge in [0.1, 0.15) is 0 Å². The second-order valence-corrected chi connectivity index (χ2v) is 7.11. The minimum Gasteiger partial charge on any atom is -0.307 e. The largest absolute Gasteiger partial charge is 0.307 e. The van der Waals surface area contributed by atoms with Crippen molar-refractivity contribution in [1.29, 1.82) is 0 Å². The first-order valence-electron chi connectivity index (χ1n) is 7.65. The normalized spacial score (nSPS) is 23.9. The molecule has 1 aromatic rings. The topological polar surface area (TPSA) is 12.0 Å². The van der Waals surface area contributed by atoms with Crippen molar-refractivity contribution in [2.45, 2.75) is 58.0 Å². The summed E-state index contributed by atoms with van der Waals surface area (Å²) in [6.45, 7) is 6.93. The summed E-state index contributed by atoms with van der Waals surface area (Å²) in [6.07, 6.45) is 3.86. The SMILES string of the molecule is CCSCCC(C)NC1CCC(C)c2ccccc21. The lowest BCUT2D eigenvalue weighted by Crippen LogP contribution is -2.33. The van der Waals surface area contributed by atoms with Gasteiger partial charge in [0.05, 0.1) is 0 Å². The second-order valence-electron chi connectivity index (χ2n) is 5.71. The smallest absolute Gasteiger partial charge is 0.0325 e. The van der Waals surface area contributed by atoms with Crippen molar-refractivity contribution in [2.75, 3.05) is 11.5 Å². The third kappa shape index (κ3) is 4.00. The van der Waals surface area contributed by atoms with Crippen molar-refractivity contribution in [3.05, 3.63) is 35.4 Å². The van der Waals surface area contributed by atoms with Crippen molar-refractivity contribution in [3.8, 4) is 0 Å². The maximum absolute atomic E-state index is 3.84. The average molecular weight is 277 g/mol. The maximum Gasteiger partial charge on any atom is 0.0325 e. The molecule has 1 aromatic carbocycles. The van der Waals surface area contributed by atoms with E-state index in [0.29, 0.717) is 12.1 Å². The molecule has 0 saturated heterocycles. The predicted octanol–water partition coefficient (Wildman–Crippen LogP) is 4.75. The number of thioether (sulfide) groups is 1. The fourth-order valence-electron chi connectivity index (χ4n) is 3.01. The van der Waals surface area contributed by atoms with Crippen LogP contribution in [0.2, 0.25) is 0 Å². The van der Waals surface area contributed by atoms with Gasteiger partial charge >= 0.3 is 0 Å². The van der Waals surface area contributed by atoms with Gasteiger partial charge in [-0.05, 0) is 54.7 Å². The van der Waals surface area contributed by atoms with Crippen molar-refractivity contribution >= 4 is 11.8 Å². The van der Waals surface area contributed by atoms with Gasteiger partial charge in [-0.1, -0.05) is 38.1 Å². The Balaban J connectivity index is 1.96. The van der Waals surface area contributed by atoms with Crippen molar-refractivity contribution in [2.24, 2.45) is 0 Å². The summed E-state index contributed by atoms with van der Waals surface area (Å²) in [4.78, 5) is 0. The molecule has 3 unspecified atom stereocenters. The van der Waals surface area contributed by atoms with Crippen molar-refractivity contribution < 1.29 is 0 Å². The van der Waals surface area contributed by atoms with Gasteiger partial charge in [0.25, 0.3) is 0 Å². The number of hydrogen-bond acceptors (Lipinski definition) is 2. The zero-order valence-electron chi connectivity index (χ0n) is 12.5. The molecular weight excluding hydrogens is 250 g/mol. The number of rotatable bonds is 6. The molecule has 1 N–H and O–H groups in total. The molecule has 0 bridgehead atoms. The van der Waals surface area contributed by atoms with Crippen LogP contribution >= 0.6 is 11.8 Å². The van der Waals surface area contributed by atoms with Gasteiger partial charge in [0.2, 0.25) is 0 Å². The Morgan fingerprint density at radius 2 is 2.00 bits per heavy atom. The summed E-state index contributed by atoms with van der Waals surface area (Å²) in [5.41, 5.74) is 3.10. The van der Waals surface area contributed by atoms with E-state index in [1.54, 1.807) is 5.56 Å². The molecule has 0 amide bonds. The third-order valence-electron chi connectivity index (χ3n) is 4.18. The second kappa shape index (κ2) is 7.35. The maximum atomic E-state index is 3.84. The molecule has 0 aromatic heterocycles. The van der Waals surface area contributed by atoms with Crippen LogP contribution in [0.4, 0.5) is 0 Å². The summed E-state index contributed by atoms with van der Waals surface area (Å²) in [7, 11) is 0. The fourth-order valence-corrected chi connectivity index (χ4v) is 3.82. The predicted molar refractivity (Wildman–Crippen MR) is 87.0 cm³/mol.